The highest BCUT2D eigenvalue weighted by Gasteiger charge is 2.07. The van der Waals surface area contributed by atoms with E-state index in [9.17, 15) is 4.79 Å². The van der Waals surface area contributed by atoms with Gasteiger partial charge in [-0.05, 0) is 39.0 Å². The van der Waals surface area contributed by atoms with E-state index in [1.807, 2.05) is 20.8 Å². The highest BCUT2D eigenvalue weighted by atomic mass is 16.4. The Hall–Kier alpha value is -3.27. The zero-order chi connectivity index (χ0) is 18.9. The highest BCUT2D eigenvalue weighted by Crippen LogP contribution is 2.09. The lowest BCUT2D eigenvalue weighted by Crippen LogP contribution is -2.37. The third-order valence-electron chi connectivity index (χ3n) is 3.52. The van der Waals surface area contributed by atoms with Gasteiger partial charge in [0, 0.05) is 17.8 Å². The van der Waals surface area contributed by atoms with Crippen LogP contribution in [-0.4, -0.2) is 29.9 Å². The summed E-state index contributed by atoms with van der Waals surface area (Å²) in [6.07, 6.45) is 5.36. The molecule has 0 atom stereocenters. The van der Waals surface area contributed by atoms with Crippen molar-refractivity contribution in [2.24, 2.45) is 4.99 Å². The smallest absolute Gasteiger partial charge is 0.246 e. The molecule has 0 radical (unpaired) electrons. The standard InChI is InChI=1S/C19H23N5O2/c1-5-15-8-7-9-16(10-15)24-17(25)11-21-19(20-6-2)22-12-18-23-13(3)14(4)26-18/h1,7-10H,6,11-12H2,2-4H3,(H,24,25)(H2,20,21,22). The topological polar surface area (TPSA) is 91.5 Å². The number of nitrogens with zero attached hydrogens (tertiary/aromatic N) is 2. The van der Waals surface area contributed by atoms with Crippen molar-refractivity contribution in [2.75, 3.05) is 18.4 Å². The number of anilines is 1. The number of oxazole rings is 1. The van der Waals surface area contributed by atoms with Crippen molar-refractivity contribution in [1.82, 2.24) is 15.6 Å². The molecule has 136 valence electrons. The number of aromatic nitrogens is 1. The fourth-order valence-electron chi connectivity index (χ4n) is 2.15. The van der Waals surface area contributed by atoms with Gasteiger partial charge in [0.2, 0.25) is 11.8 Å². The summed E-state index contributed by atoms with van der Waals surface area (Å²) in [5, 5.41) is 8.94. The Morgan fingerprint density at radius 3 is 2.81 bits per heavy atom. The van der Waals surface area contributed by atoms with E-state index >= 15 is 0 Å². The molecule has 0 saturated carbocycles. The van der Waals surface area contributed by atoms with E-state index in [1.165, 1.54) is 0 Å². The van der Waals surface area contributed by atoms with Crippen LogP contribution in [0.3, 0.4) is 0 Å². The van der Waals surface area contributed by atoms with Crippen molar-refractivity contribution in [1.29, 1.82) is 0 Å². The number of amides is 1. The third kappa shape index (κ3) is 5.67. The average molecular weight is 353 g/mol. The van der Waals surface area contributed by atoms with Crippen LogP contribution in [-0.2, 0) is 11.3 Å². The van der Waals surface area contributed by atoms with Crippen LogP contribution < -0.4 is 16.0 Å². The largest absolute Gasteiger partial charge is 0.444 e. The molecule has 0 saturated heterocycles. The van der Waals surface area contributed by atoms with Gasteiger partial charge in [-0.15, -0.1) is 6.42 Å². The number of carbonyl (C=O) groups is 1. The Morgan fingerprint density at radius 1 is 1.35 bits per heavy atom. The highest BCUT2D eigenvalue weighted by molar-refractivity contribution is 5.94. The van der Waals surface area contributed by atoms with Crippen LogP contribution in [0.5, 0.6) is 0 Å². The summed E-state index contributed by atoms with van der Waals surface area (Å²) in [5.74, 6) is 4.16. The number of aliphatic imine (C=N–C) groups is 1. The molecule has 2 rings (SSSR count). The van der Waals surface area contributed by atoms with Crippen molar-refractivity contribution in [3.05, 3.63) is 47.2 Å². The number of aryl methyl sites for hydroxylation is 2. The van der Waals surface area contributed by atoms with Gasteiger partial charge >= 0.3 is 0 Å². The van der Waals surface area contributed by atoms with E-state index in [0.717, 1.165) is 11.5 Å². The molecular formula is C19H23N5O2. The maximum absolute atomic E-state index is 12.1. The quantitative estimate of drug-likeness (QED) is 0.419. The summed E-state index contributed by atoms with van der Waals surface area (Å²) < 4.78 is 5.52. The minimum atomic E-state index is -0.237. The SMILES string of the molecule is C#Cc1cccc(NC(=O)CN=C(NCC)NCc2nc(C)c(C)o2)c1. The predicted octanol–water partition coefficient (Wildman–Crippen LogP) is 1.97. The zero-order valence-electron chi connectivity index (χ0n) is 15.2. The van der Waals surface area contributed by atoms with E-state index in [-0.39, 0.29) is 12.5 Å². The number of carbonyl (C=O) groups excluding carboxylic acids is 1. The molecule has 0 fully saturated rings. The Kier molecular flexibility index (Phi) is 6.80. The second-order valence-electron chi connectivity index (χ2n) is 5.57. The minimum Gasteiger partial charge on any atom is -0.444 e. The Morgan fingerprint density at radius 2 is 2.15 bits per heavy atom. The Balaban J connectivity index is 1.92. The summed E-state index contributed by atoms with van der Waals surface area (Å²) in [5.41, 5.74) is 2.21. The molecule has 1 aromatic heterocycles. The number of guanidine groups is 1. The van der Waals surface area contributed by atoms with Crippen molar-refractivity contribution >= 4 is 17.6 Å². The Bertz CT molecular complexity index is 813. The number of rotatable bonds is 6. The van der Waals surface area contributed by atoms with Gasteiger partial charge in [-0.25, -0.2) is 9.98 Å². The van der Waals surface area contributed by atoms with Crippen molar-refractivity contribution in [3.8, 4) is 12.3 Å². The van der Waals surface area contributed by atoms with E-state index in [1.54, 1.807) is 24.3 Å². The van der Waals surface area contributed by atoms with Crippen molar-refractivity contribution in [2.45, 2.75) is 27.3 Å². The first kappa shape index (κ1) is 19.1. The number of terminal acetylenes is 1. The van der Waals surface area contributed by atoms with E-state index in [2.05, 4.69) is 31.8 Å². The van der Waals surface area contributed by atoms with Crippen LogP contribution >= 0.6 is 0 Å². The molecule has 1 heterocycles. The lowest BCUT2D eigenvalue weighted by atomic mass is 10.2. The lowest BCUT2D eigenvalue weighted by Gasteiger charge is -2.10. The van der Waals surface area contributed by atoms with Gasteiger partial charge in [-0.1, -0.05) is 12.0 Å². The molecule has 7 heteroatoms. The van der Waals surface area contributed by atoms with Gasteiger partial charge in [0.15, 0.2) is 5.96 Å². The molecule has 3 N–H and O–H groups in total. The van der Waals surface area contributed by atoms with Crippen LogP contribution in [0.25, 0.3) is 0 Å². The molecule has 0 aliphatic carbocycles. The number of benzene rings is 1. The van der Waals surface area contributed by atoms with Crippen molar-refractivity contribution < 1.29 is 9.21 Å². The van der Waals surface area contributed by atoms with Crippen LogP contribution in [0.1, 0.15) is 29.8 Å². The van der Waals surface area contributed by atoms with Crippen molar-refractivity contribution in [3.63, 3.8) is 0 Å². The second-order valence-corrected chi connectivity index (χ2v) is 5.57. The molecular weight excluding hydrogens is 330 g/mol. The number of nitrogens with one attached hydrogen (secondary N) is 3. The summed E-state index contributed by atoms with van der Waals surface area (Å²) in [6.45, 7) is 6.72. The summed E-state index contributed by atoms with van der Waals surface area (Å²) >= 11 is 0. The molecule has 26 heavy (non-hydrogen) atoms. The number of hydrogen-bond donors (Lipinski definition) is 3. The van der Waals surface area contributed by atoms with Crippen LogP contribution in [0.2, 0.25) is 0 Å². The first-order valence-corrected chi connectivity index (χ1v) is 8.33. The molecule has 2 aromatic rings. The summed E-state index contributed by atoms with van der Waals surface area (Å²) in [6, 6.07) is 7.10. The molecule has 0 aliphatic heterocycles. The first-order valence-electron chi connectivity index (χ1n) is 8.33. The normalized spacial score (nSPS) is 10.9. The second kappa shape index (κ2) is 9.28. The van der Waals surface area contributed by atoms with Gasteiger partial charge in [0.05, 0.1) is 12.2 Å². The van der Waals surface area contributed by atoms with Gasteiger partial charge in [-0.2, -0.15) is 0 Å². The fourth-order valence-corrected chi connectivity index (χ4v) is 2.15. The van der Waals surface area contributed by atoms with Gasteiger partial charge < -0.3 is 20.4 Å². The van der Waals surface area contributed by atoms with E-state index in [0.29, 0.717) is 36.2 Å². The Labute approximate surface area is 153 Å². The van der Waals surface area contributed by atoms with Crippen LogP contribution in [0.15, 0.2) is 33.7 Å². The van der Waals surface area contributed by atoms with Gasteiger partial charge in [0.25, 0.3) is 0 Å². The molecule has 0 unspecified atom stereocenters. The fraction of sp³-hybridized carbons (Fsp3) is 0.316. The molecule has 1 aromatic carbocycles. The third-order valence-corrected chi connectivity index (χ3v) is 3.52. The molecule has 0 bridgehead atoms. The van der Waals surface area contributed by atoms with E-state index < -0.39 is 0 Å². The predicted molar refractivity (Wildman–Crippen MR) is 102 cm³/mol. The van der Waals surface area contributed by atoms with Gasteiger partial charge in [-0.3, -0.25) is 4.79 Å². The molecule has 0 spiro atoms. The monoisotopic (exact) mass is 353 g/mol. The maximum atomic E-state index is 12.1. The lowest BCUT2D eigenvalue weighted by molar-refractivity contribution is -0.114. The van der Waals surface area contributed by atoms with Crippen LogP contribution in [0, 0.1) is 26.2 Å². The minimum absolute atomic E-state index is 0.0285. The van der Waals surface area contributed by atoms with Crippen LogP contribution in [0.4, 0.5) is 5.69 Å². The van der Waals surface area contributed by atoms with E-state index in [4.69, 9.17) is 10.8 Å². The zero-order valence-corrected chi connectivity index (χ0v) is 15.2. The number of hydrogen-bond acceptors (Lipinski definition) is 4. The molecule has 7 nitrogen and oxygen atoms in total. The first-order chi connectivity index (χ1) is 12.5. The molecule has 0 aliphatic rings. The molecule has 1 amide bonds. The van der Waals surface area contributed by atoms with Gasteiger partial charge in [0.1, 0.15) is 12.3 Å². The average Bonchev–Trinajstić information content (AvgIpc) is 2.95. The maximum Gasteiger partial charge on any atom is 0.246 e. The summed E-state index contributed by atoms with van der Waals surface area (Å²) in [7, 11) is 0. The summed E-state index contributed by atoms with van der Waals surface area (Å²) in [4.78, 5) is 20.7.